The number of rotatable bonds is 7. The predicted octanol–water partition coefficient (Wildman–Crippen LogP) is 2.79. The van der Waals surface area contributed by atoms with Crippen molar-refractivity contribution in [1.29, 1.82) is 0 Å². The van der Waals surface area contributed by atoms with Crippen LogP contribution in [0.25, 0.3) is 0 Å². The van der Waals surface area contributed by atoms with E-state index in [1.165, 1.54) is 0 Å². The summed E-state index contributed by atoms with van der Waals surface area (Å²) in [6, 6.07) is 1.83. The fourth-order valence-corrected chi connectivity index (χ4v) is 1.63. The normalized spacial score (nSPS) is 12.6. The minimum atomic E-state index is -0.207. The van der Waals surface area contributed by atoms with Gasteiger partial charge in [-0.1, -0.05) is 19.0 Å². The Morgan fingerprint density at radius 1 is 1.18 bits per heavy atom. The van der Waals surface area contributed by atoms with Gasteiger partial charge in [-0.05, 0) is 32.3 Å². The van der Waals surface area contributed by atoms with Gasteiger partial charge in [0.2, 0.25) is 5.88 Å². The van der Waals surface area contributed by atoms with E-state index in [2.05, 4.69) is 34.2 Å². The maximum absolute atomic E-state index is 5.65. The van der Waals surface area contributed by atoms with E-state index in [-0.39, 0.29) is 12.7 Å². The van der Waals surface area contributed by atoms with Gasteiger partial charge in [-0.2, -0.15) is 10.1 Å². The van der Waals surface area contributed by atoms with Gasteiger partial charge in [0.05, 0.1) is 5.69 Å². The second kappa shape index (κ2) is 7.31. The third kappa shape index (κ3) is 4.49. The Morgan fingerprint density at radius 2 is 1.95 bits per heavy atom. The lowest BCUT2D eigenvalue weighted by Crippen LogP contribution is -2.08. The highest BCUT2D eigenvalue weighted by Gasteiger charge is 2.15. The van der Waals surface area contributed by atoms with Gasteiger partial charge in [-0.3, -0.25) is 0 Å². The Bertz CT molecular complexity index is 613. The van der Waals surface area contributed by atoms with Crippen molar-refractivity contribution in [2.75, 3.05) is 6.61 Å². The summed E-state index contributed by atoms with van der Waals surface area (Å²) in [5.41, 5.74) is 1.90. The van der Waals surface area contributed by atoms with Crippen LogP contribution in [0.1, 0.15) is 49.8 Å². The Kier molecular flexibility index (Phi) is 5.43. The van der Waals surface area contributed by atoms with E-state index in [1.807, 2.05) is 26.8 Å². The topological polar surface area (TPSA) is 83.2 Å². The second-order valence-corrected chi connectivity index (χ2v) is 5.66. The molecule has 0 saturated carbocycles. The highest BCUT2D eigenvalue weighted by Crippen LogP contribution is 2.16. The third-order valence-electron chi connectivity index (χ3n) is 3.08. The lowest BCUT2D eigenvalue weighted by atomic mass is 10.2. The number of nitrogens with zero attached hydrogens (tertiary/aromatic N) is 4. The molecule has 0 fully saturated rings. The molecule has 0 aliphatic rings. The quantitative estimate of drug-likeness (QED) is 0.777. The van der Waals surface area contributed by atoms with E-state index in [0.717, 1.165) is 11.3 Å². The van der Waals surface area contributed by atoms with Gasteiger partial charge >= 0.3 is 0 Å². The molecule has 0 aliphatic carbocycles. The molecule has 0 unspecified atom stereocenters. The summed E-state index contributed by atoms with van der Waals surface area (Å²) in [4.78, 5) is 4.27. The molecule has 0 amide bonds. The zero-order valence-electron chi connectivity index (χ0n) is 13.7. The van der Waals surface area contributed by atoms with E-state index in [1.54, 1.807) is 0 Å². The van der Waals surface area contributed by atoms with Gasteiger partial charge < -0.3 is 14.0 Å². The van der Waals surface area contributed by atoms with Crippen molar-refractivity contribution in [3.63, 3.8) is 0 Å². The number of aryl methyl sites for hydroxylation is 2. The summed E-state index contributed by atoms with van der Waals surface area (Å²) >= 11 is 0. The standard InChI is InChI=1S/C15H22N4O3/c1-9(2)7-20-12(5)15-16-14(22-19-15)8-21-13-6-10(3)11(4)17-18-13/h6,9,12H,7-8H2,1-5H3/t12-/m1/s1. The van der Waals surface area contributed by atoms with Gasteiger partial charge in [-0.15, -0.1) is 5.10 Å². The van der Waals surface area contributed by atoms with Crippen LogP contribution in [-0.4, -0.2) is 26.9 Å². The van der Waals surface area contributed by atoms with Crippen LogP contribution in [-0.2, 0) is 11.3 Å². The summed E-state index contributed by atoms with van der Waals surface area (Å²) in [6.07, 6.45) is -0.207. The number of aromatic nitrogens is 4. The van der Waals surface area contributed by atoms with Crippen molar-refractivity contribution < 1.29 is 14.0 Å². The number of ether oxygens (including phenoxy) is 2. The molecule has 0 aliphatic heterocycles. The first-order valence-corrected chi connectivity index (χ1v) is 7.33. The summed E-state index contributed by atoms with van der Waals surface area (Å²) < 4.78 is 16.3. The van der Waals surface area contributed by atoms with Crippen LogP contribution in [0.3, 0.4) is 0 Å². The van der Waals surface area contributed by atoms with E-state index < -0.39 is 0 Å². The molecule has 2 heterocycles. The summed E-state index contributed by atoms with van der Waals surface area (Å²) in [5, 5.41) is 11.9. The molecule has 7 nitrogen and oxygen atoms in total. The zero-order valence-corrected chi connectivity index (χ0v) is 13.7. The lowest BCUT2D eigenvalue weighted by Gasteiger charge is -2.10. The molecular formula is C15H22N4O3. The Morgan fingerprint density at radius 3 is 2.64 bits per heavy atom. The molecule has 0 aromatic carbocycles. The molecule has 0 spiro atoms. The molecule has 1 atom stereocenters. The maximum atomic E-state index is 5.65. The first-order chi connectivity index (χ1) is 10.5. The van der Waals surface area contributed by atoms with Gasteiger partial charge in [0.25, 0.3) is 5.89 Å². The minimum Gasteiger partial charge on any atom is -0.466 e. The molecule has 120 valence electrons. The van der Waals surface area contributed by atoms with Crippen LogP contribution in [0.4, 0.5) is 0 Å². The largest absolute Gasteiger partial charge is 0.466 e. The molecule has 7 heteroatoms. The number of hydrogen-bond acceptors (Lipinski definition) is 7. The first-order valence-electron chi connectivity index (χ1n) is 7.33. The van der Waals surface area contributed by atoms with Gasteiger partial charge in [-0.25, -0.2) is 0 Å². The van der Waals surface area contributed by atoms with Crippen LogP contribution in [0.15, 0.2) is 10.6 Å². The van der Waals surface area contributed by atoms with Gasteiger partial charge in [0, 0.05) is 12.7 Å². The van der Waals surface area contributed by atoms with Crippen LogP contribution in [0.2, 0.25) is 0 Å². The molecule has 2 aromatic rings. The van der Waals surface area contributed by atoms with Crippen molar-refractivity contribution in [3.05, 3.63) is 29.0 Å². The summed E-state index contributed by atoms with van der Waals surface area (Å²) in [5.74, 6) is 1.80. The lowest BCUT2D eigenvalue weighted by molar-refractivity contribution is 0.0402. The fraction of sp³-hybridized carbons (Fsp3) is 0.600. The van der Waals surface area contributed by atoms with Gasteiger partial charge in [0.15, 0.2) is 12.4 Å². The molecule has 0 radical (unpaired) electrons. The molecule has 0 saturated heterocycles. The van der Waals surface area contributed by atoms with E-state index in [9.17, 15) is 0 Å². The summed E-state index contributed by atoms with van der Waals surface area (Å²) in [6.45, 7) is 10.7. The maximum Gasteiger partial charge on any atom is 0.264 e. The van der Waals surface area contributed by atoms with Crippen LogP contribution in [0.5, 0.6) is 5.88 Å². The van der Waals surface area contributed by atoms with E-state index in [4.69, 9.17) is 14.0 Å². The fourth-order valence-electron chi connectivity index (χ4n) is 1.63. The predicted molar refractivity (Wildman–Crippen MR) is 79.3 cm³/mol. The van der Waals surface area contributed by atoms with Crippen LogP contribution >= 0.6 is 0 Å². The molecule has 2 rings (SSSR count). The van der Waals surface area contributed by atoms with Crippen molar-refractivity contribution in [2.24, 2.45) is 5.92 Å². The minimum absolute atomic E-state index is 0.154. The van der Waals surface area contributed by atoms with Crippen LogP contribution in [0, 0.1) is 19.8 Å². The Labute approximate surface area is 130 Å². The second-order valence-electron chi connectivity index (χ2n) is 5.66. The van der Waals surface area contributed by atoms with Gasteiger partial charge in [0.1, 0.15) is 6.10 Å². The highest BCUT2D eigenvalue weighted by atomic mass is 16.5. The first kappa shape index (κ1) is 16.4. The SMILES string of the molecule is Cc1cc(OCc2nc([C@@H](C)OCC(C)C)no2)nnc1C. The molecular weight excluding hydrogens is 284 g/mol. The third-order valence-corrected chi connectivity index (χ3v) is 3.08. The zero-order chi connectivity index (χ0) is 16.1. The highest BCUT2D eigenvalue weighted by molar-refractivity contribution is 5.21. The average Bonchev–Trinajstić information content (AvgIpc) is 2.95. The Hall–Kier alpha value is -2.02. The summed E-state index contributed by atoms with van der Waals surface area (Å²) in [7, 11) is 0. The average molecular weight is 306 g/mol. The monoisotopic (exact) mass is 306 g/mol. The van der Waals surface area contributed by atoms with Crippen LogP contribution < -0.4 is 4.74 Å². The molecule has 0 N–H and O–H groups in total. The Balaban J connectivity index is 1.90. The van der Waals surface area contributed by atoms with Crippen molar-refractivity contribution in [3.8, 4) is 5.88 Å². The van der Waals surface area contributed by atoms with Crippen molar-refractivity contribution in [1.82, 2.24) is 20.3 Å². The number of hydrogen-bond donors (Lipinski definition) is 0. The van der Waals surface area contributed by atoms with E-state index in [0.29, 0.717) is 30.1 Å². The van der Waals surface area contributed by atoms with Crippen molar-refractivity contribution in [2.45, 2.75) is 47.3 Å². The smallest absolute Gasteiger partial charge is 0.264 e. The van der Waals surface area contributed by atoms with Crippen molar-refractivity contribution >= 4 is 0 Å². The molecule has 2 aromatic heterocycles. The van der Waals surface area contributed by atoms with E-state index >= 15 is 0 Å². The molecule has 22 heavy (non-hydrogen) atoms. The molecule has 0 bridgehead atoms.